The van der Waals surface area contributed by atoms with E-state index in [-0.39, 0.29) is 11.4 Å². The molecular formula is C17H19N3O5S. The average molecular weight is 377 g/mol. The van der Waals surface area contributed by atoms with Gasteiger partial charge in [0.1, 0.15) is 6.54 Å². The second-order valence-electron chi connectivity index (χ2n) is 5.97. The molecule has 0 aliphatic rings. The number of nitrogens with zero attached hydrogens (tertiary/aromatic N) is 2. The first kappa shape index (κ1) is 19.4. The van der Waals surface area contributed by atoms with Crippen LogP contribution in [-0.2, 0) is 14.8 Å². The van der Waals surface area contributed by atoms with Gasteiger partial charge in [0.05, 0.1) is 16.9 Å². The van der Waals surface area contributed by atoms with Gasteiger partial charge in [0.15, 0.2) is 0 Å². The number of hydrogen-bond acceptors (Lipinski definition) is 5. The fourth-order valence-corrected chi connectivity index (χ4v) is 3.36. The highest BCUT2D eigenvalue weighted by molar-refractivity contribution is 7.92. The summed E-state index contributed by atoms with van der Waals surface area (Å²) in [5.74, 6) is -0.602. The van der Waals surface area contributed by atoms with E-state index in [0.29, 0.717) is 5.69 Å². The van der Waals surface area contributed by atoms with Gasteiger partial charge in [-0.3, -0.25) is 19.2 Å². The van der Waals surface area contributed by atoms with Gasteiger partial charge in [0.25, 0.3) is 5.69 Å². The molecule has 1 N–H and O–H groups in total. The molecule has 0 saturated carbocycles. The zero-order valence-electron chi connectivity index (χ0n) is 14.6. The molecule has 0 radical (unpaired) electrons. The summed E-state index contributed by atoms with van der Waals surface area (Å²) in [6.07, 6.45) is 1.02. The number of nitrogens with one attached hydrogen (secondary N) is 1. The number of rotatable bonds is 6. The molecule has 2 aromatic rings. The number of carbonyl (C=O) groups is 1. The molecule has 0 fully saturated rings. The van der Waals surface area contributed by atoms with Crippen LogP contribution in [0.5, 0.6) is 0 Å². The number of aryl methyl sites for hydroxylation is 2. The van der Waals surface area contributed by atoms with Crippen molar-refractivity contribution >= 4 is 33.0 Å². The second-order valence-corrected chi connectivity index (χ2v) is 7.88. The van der Waals surface area contributed by atoms with Gasteiger partial charge >= 0.3 is 0 Å². The molecule has 2 rings (SSSR count). The molecule has 0 unspecified atom stereocenters. The van der Waals surface area contributed by atoms with Crippen LogP contribution in [0.1, 0.15) is 11.1 Å². The van der Waals surface area contributed by atoms with Crippen LogP contribution in [0.2, 0.25) is 0 Å². The standard InChI is InChI=1S/C17H19N3O5S/c1-12-7-13(2)9-16(8-12)19(26(3,24)25)11-17(21)18-14-5-4-6-15(10-14)20(22)23/h4-10H,11H2,1-3H3,(H,18,21). The van der Waals surface area contributed by atoms with E-state index in [1.807, 2.05) is 19.9 Å². The Kier molecular flexibility index (Phi) is 5.61. The van der Waals surface area contributed by atoms with Crippen molar-refractivity contribution in [3.05, 3.63) is 63.7 Å². The molecule has 9 heteroatoms. The highest BCUT2D eigenvalue weighted by Crippen LogP contribution is 2.22. The summed E-state index contributed by atoms with van der Waals surface area (Å²) in [6, 6.07) is 10.7. The molecule has 0 aromatic heterocycles. The van der Waals surface area contributed by atoms with Gasteiger partial charge in [-0.1, -0.05) is 12.1 Å². The molecule has 0 aliphatic carbocycles. The molecule has 0 saturated heterocycles. The maximum absolute atomic E-state index is 12.3. The van der Waals surface area contributed by atoms with Crippen LogP contribution in [0.25, 0.3) is 0 Å². The summed E-state index contributed by atoms with van der Waals surface area (Å²) in [5, 5.41) is 13.3. The minimum absolute atomic E-state index is 0.169. The number of anilines is 2. The van der Waals surface area contributed by atoms with Gasteiger partial charge in [-0.2, -0.15) is 0 Å². The maximum Gasteiger partial charge on any atom is 0.271 e. The van der Waals surface area contributed by atoms with Crippen molar-refractivity contribution in [2.45, 2.75) is 13.8 Å². The zero-order valence-corrected chi connectivity index (χ0v) is 15.4. The number of carbonyl (C=O) groups excluding carboxylic acids is 1. The quantitative estimate of drug-likeness (QED) is 0.615. The summed E-state index contributed by atoms with van der Waals surface area (Å²) in [6.45, 7) is 3.23. The van der Waals surface area contributed by atoms with Crippen molar-refractivity contribution < 1.29 is 18.1 Å². The van der Waals surface area contributed by atoms with Crippen molar-refractivity contribution in [2.75, 3.05) is 22.4 Å². The first-order chi connectivity index (χ1) is 12.1. The number of amides is 1. The minimum atomic E-state index is -3.70. The molecule has 0 atom stereocenters. The van der Waals surface area contributed by atoms with E-state index in [9.17, 15) is 23.3 Å². The Morgan fingerprint density at radius 2 is 1.77 bits per heavy atom. The lowest BCUT2D eigenvalue weighted by Gasteiger charge is -2.22. The minimum Gasteiger partial charge on any atom is -0.324 e. The molecule has 138 valence electrons. The van der Waals surface area contributed by atoms with Crippen molar-refractivity contribution in [3.63, 3.8) is 0 Å². The van der Waals surface area contributed by atoms with E-state index in [1.165, 1.54) is 24.3 Å². The van der Waals surface area contributed by atoms with Crippen molar-refractivity contribution in [2.24, 2.45) is 0 Å². The Morgan fingerprint density at radius 1 is 1.15 bits per heavy atom. The molecule has 0 aliphatic heterocycles. The lowest BCUT2D eigenvalue weighted by Crippen LogP contribution is -2.37. The molecule has 2 aromatic carbocycles. The van der Waals surface area contributed by atoms with Crippen LogP contribution in [0, 0.1) is 24.0 Å². The fraction of sp³-hybridized carbons (Fsp3) is 0.235. The lowest BCUT2D eigenvalue weighted by molar-refractivity contribution is -0.384. The molecule has 26 heavy (non-hydrogen) atoms. The number of nitro groups is 1. The molecule has 8 nitrogen and oxygen atoms in total. The summed E-state index contributed by atoms with van der Waals surface area (Å²) < 4.78 is 25.3. The van der Waals surface area contributed by atoms with Crippen LogP contribution in [-0.4, -0.2) is 32.0 Å². The number of non-ortho nitro benzene ring substituents is 1. The van der Waals surface area contributed by atoms with Crippen molar-refractivity contribution in [3.8, 4) is 0 Å². The van der Waals surface area contributed by atoms with E-state index in [2.05, 4.69) is 5.32 Å². The van der Waals surface area contributed by atoms with Gasteiger partial charge in [0.2, 0.25) is 15.9 Å². The Hall–Kier alpha value is -2.94. The predicted octanol–water partition coefficient (Wildman–Crippen LogP) is 2.62. The summed E-state index contributed by atoms with van der Waals surface area (Å²) in [5.41, 5.74) is 2.18. The first-order valence-corrected chi connectivity index (χ1v) is 9.51. The number of benzene rings is 2. The molecular weight excluding hydrogens is 358 g/mol. The Morgan fingerprint density at radius 3 is 2.31 bits per heavy atom. The van der Waals surface area contributed by atoms with Gasteiger partial charge in [0, 0.05) is 17.8 Å². The summed E-state index contributed by atoms with van der Waals surface area (Å²) in [7, 11) is -3.70. The van der Waals surface area contributed by atoms with Crippen molar-refractivity contribution in [1.82, 2.24) is 0 Å². The average Bonchev–Trinajstić information content (AvgIpc) is 2.50. The SMILES string of the molecule is Cc1cc(C)cc(N(CC(=O)Nc2cccc([N+](=O)[O-])c2)S(C)(=O)=O)c1. The normalized spacial score (nSPS) is 11.0. The summed E-state index contributed by atoms with van der Waals surface area (Å²) >= 11 is 0. The van der Waals surface area contributed by atoms with E-state index in [1.54, 1.807) is 12.1 Å². The van der Waals surface area contributed by atoms with E-state index in [4.69, 9.17) is 0 Å². The van der Waals surface area contributed by atoms with E-state index in [0.717, 1.165) is 21.7 Å². The topological polar surface area (TPSA) is 110 Å². The molecule has 0 heterocycles. The highest BCUT2D eigenvalue weighted by Gasteiger charge is 2.21. The van der Waals surface area contributed by atoms with Gasteiger partial charge in [-0.05, 0) is 43.2 Å². The molecule has 0 bridgehead atoms. The predicted molar refractivity (Wildman–Crippen MR) is 99.8 cm³/mol. The molecule has 0 spiro atoms. The third-order valence-electron chi connectivity index (χ3n) is 3.52. The van der Waals surface area contributed by atoms with Crippen LogP contribution in [0.15, 0.2) is 42.5 Å². The Bertz CT molecular complexity index is 936. The molecule has 1 amide bonds. The fourth-order valence-electron chi connectivity index (χ4n) is 2.52. The summed E-state index contributed by atoms with van der Waals surface area (Å²) in [4.78, 5) is 22.5. The van der Waals surface area contributed by atoms with Gasteiger partial charge in [-0.25, -0.2) is 8.42 Å². The van der Waals surface area contributed by atoms with E-state index >= 15 is 0 Å². The first-order valence-electron chi connectivity index (χ1n) is 7.66. The van der Waals surface area contributed by atoms with Crippen LogP contribution >= 0.6 is 0 Å². The maximum atomic E-state index is 12.3. The third-order valence-corrected chi connectivity index (χ3v) is 4.66. The smallest absolute Gasteiger partial charge is 0.271 e. The lowest BCUT2D eigenvalue weighted by atomic mass is 10.1. The van der Waals surface area contributed by atoms with Gasteiger partial charge < -0.3 is 5.32 Å². The Labute approximate surface area is 151 Å². The van der Waals surface area contributed by atoms with Crippen LogP contribution in [0.3, 0.4) is 0 Å². The van der Waals surface area contributed by atoms with Crippen LogP contribution in [0.4, 0.5) is 17.1 Å². The van der Waals surface area contributed by atoms with Crippen LogP contribution < -0.4 is 9.62 Å². The largest absolute Gasteiger partial charge is 0.324 e. The number of sulfonamides is 1. The zero-order chi connectivity index (χ0) is 19.5. The van der Waals surface area contributed by atoms with E-state index < -0.39 is 27.4 Å². The Balaban J connectivity index is 2.25. The van der Waals surface area contributed by atoms with Crippen molar-refractivity contribution in [1.29, 1.82) is 0 Å². The number of hydrogen-bond donors (Lipinski definition) is 1. The number of nitro benzene ring substituents is 1. The third kappa shape index (κ3) is 5.03. The van der Waals surface area contributed by atoms with Gasteiger partial charge in [-0.15, -0.1) is 0 Å². The second kappa shape index (κ2) is 7.52. The highest BCUT2D eigenvalue weighted by atomic mass is 32.2. The monoisotopic (exact) mass is 377 g/mol.